The van der Waals surface area contributed by atoms with Crippen LogP contribution in [-0.2, 0) is 19.1 Å². The molecule has 8 nitrogen and oxygen atoms in total. The molecule has 0 bridgehead atoms. The molecule has 2 fully saturated rings. The van der Waals surface area contributed by atoms with Crippen molar-refractivity contribution in [1.29, 1.82) is 0 Å². The Kier molecular flexibility index (Phi) is 6.34. The number of fused-ring (bicyclic) bond motifs is 1. The Labute approximate surface area is 170 Å². The van der Waals surface area contributed by atoms with E-state index < -0.39 is 48.8 Å². The number of hydrogen-bond acceptors (Lipinski definition) is 8. The molecule has 1 heterocycles. The van der Waals surface area contributed by atoms with E-state index in [1.54, 1.807) is 13.8 Å². The molecule has 4 N–H and O–H groups in total. The fourth-order valence-electron chi connectivity index (χ4n) is 4.90. The van der Waals surface area contributed by atoms with Crippen molar-refractivity contribution >= 4 is 11.6 Å². The highest BCUT2D eigenvalue weighted by Crippen LogP contribution is 2.46. The zero-order valence-electron chi connectivity index (χ0n) is 17.4. The Bertz CT molecular complexity index is 697. The summed E-state index contributed by atoms with van der Waals surface area (Å²) in [5, 5.41) is 39.6. The topological polar surface area (TPSA) is 134 Å². The lowest BCUT2D eigenvalue weighted by Crippen LogP contribution is -2.61. The first-order chi connectivity index (χ1) is 13.5. The smallest absolute Gasteiger partial charge is 0.187 e. The lowest BCUT2D eigenvalue weighted by Gasteiger charge is -2.44. The molecule has 2 aliphatic carbocycles. The van der Waals surface area contributed by atoms with Gasteiger partial charge in [-0.05, 0) is 44.6 Å². The molecule has 0 aromatic heterocycles. The van der Waals surface area contributed by atoms with Gasteiger partial charge in [-0.1, -0.05) is 12.5 Å². The predicted molar refractivity (Wildman–Crippen MR) is 102 cm³/mol. The molecule has 0 aromatic carbocycles. The van der Waals surface area contributed by atoms with Crippen LogP contribution in [0.4, 0.5) is 0 Å². The normalized spacial score (nSPS) is 41.5. The van der Waals surface area contributed by atoms with E-state index in [0.29, 0.717) is 19.3 Å². The van der Waals surface area contributed by atoms with Crippen molar-refractivity contribution in [3.05, 3.63) is 11.1 Å². The number of carbonyl (C=O) groups is 2. The first-order valence-electron chi connectivity index (χ1n) is 10.2. The van der Waals surface area contributed by atoms with Crippen molar-refractivity contribution in [2.75, 3.05) is 6.61 Å². The second kappa shape index (κ2) is 8.17. The highest BCUT2D eigenvalue weighted by atomic mass is 16.7. The van der Waals surface area contributed by atoms with Crippen molar-refractivity contribution < 1.29 is 39.5 Å². The molecule has 0 amide bonds. The number of aliphatic hydroxyl groups excluding tert-OH is 4. The van der Waals surface area contributed by atoms with Gasteiger partial charge in [0.15, 0.2) is 12.1 Å². The molecule has 0 unspecified atom stereocenters. The maximum Gasteiger partial charge on any atom is 0.187 e. The number of hydrogen-bond donors (Lipinski definition) is 4. The fourth-order valence-corrected chi connectivity index (χ4v) is 4.90. The Morgan fingerprint density at radius 2 is 1.72 bits per heavy atom. The zero-order chi connectivity index (χ0) is 21.7. The quantitative estimate of drug-likeness (QED) is 0.511. The summed E-state index contributed by atoms with van der Waals surface area (Å²) in [6, 6.07) is 0. The molecule has 8 atom stereocenters. The maximum atomic E-state index is 13.0. The lowest BCUT2D eigenvalue weighted by molar-refractivity contribution is -0.327. The van der Waals surface area contributed by atoms with Gasteiger partial charge in [-0.2, -0.15) is 0 Å². The van der Waals surface area contributed by atoms with Crippen molar-refractivity contribution in [3.8, 4) is 0 Å². The first kappa shape index (κ1) is 22.5. The largest absolute Gasteiger partial charge is 0.394 e. The van der Waals surface area contributed by atoms with E-state index in [1.165, 1.54) is 0 Å². The van der Waals surface area contributed by atoms with Gasteiger partial charge in [0.2, 0.25) is 0 Å². The highest BCUT2D eigenvalue weighted by Gasteiger charge is 2.50. The molecule has 0 radical (unpaired) electrons. The Morgan fingerprint density at radius 3 is 2.34 bits per heavy atom. The summed E-state index contributed by atoms with van der Waals surface area (Å²) in [6.45, 7) is 6.68. The van der Waals surface area contributed by atoms with Crippen LogP contribution in [0.5, 0.6) is 0 Å². The molecule has 1 saturated heterocycles. The molecule has 1 saturated carbocycles. The Morgan fingerprint density at radius 1 is 1.07 bits per heavy atom. The third-order valence-corrected chi connectivity index (χ3v) is 6.88. The molecular formula is C21H32O8. The minimum absolute atomic E-state index is 0.0224. The highest BCUT2D eigenvalue weighted by molar-refractivity contribution is 5.99. The van der Waals surface area contributed by atoms with Gasteiger partial charge in [-0.3, -0.25) is 9.59 Å². The van der Waals surface area contributed by atoms with Crippen LogP contribution in [0.1, 0.15) is 47.0 Å². The van der Waals surface area contributed by atoms with Crippen molar-refractivity contribution in [2.45, 2.75) is 83.3 Å². The first-order valence-corrected chi connectivity index (χ1v) is 10.2. The van der Waals surface area contributed by atoms with E-state index in [0.717, 1.165) is 11.1 Å². The van der Waals surface area contributed by atoms with E-state index in [2.05, 4.69) is 0 Å². The average Bonchev–Trinajstić information content (AvgIpc) is 2.86. The van der Waals surface area contributed by atoms with Crippen molar-refractivity contribution in [2.24, 2.45) is 17.8 Å². The number of ether oxygens (including phenoxy) is 2. The minimum Gasteiger partial charge on any atom is -0.394 e. The third kappa shape index (κ3) is 4.06. The minimum atomic E-state index is -1.55. The number of Topliss-reactive ketones (excluding diaryl/α,β-unsaturated/α-hetero) is 2. The summed E-state index contributed by atoms with van der Waals surface area (Å²) in [5.74, 6) is -0.281. The molecule has 8 heteroatoms. The molecule has 29 heavy (non-hydrogen) atoms. The standard InChI is InChI=1S/C21H32O8/c1-9-5-15(24)13(6-12-10(2)14(23)7-11(9)12)21(3,4)29-20-19(27)18(26)17(25)16(8-22)28-20/h9,11,13,16-20,22,25-27H,5-8H2,1-4H3/t9-,11+,13-,16+,17+,18-,19+,20-/m0/s1. The SMILES string of the molecule is CC1=C2C[C@H](C(C)(C)O[C@@H]3O[C@H](CO)[C@@H](O)[C@H](O)[C@H]3O)C(=O)C[C@H](C)[C@H]2CC1=O. The summed E-state index contributed by atoms with van der Waals surface area (Å²) < 4.78 is 11.4. The summed E-state index contributed by atoms with van der Waals surface area (Å²) in [7, 11) is 0. The van der Waals surface area contributed by atoms with E-state index in [-0.39, 0.29) is 23.4 Å². The number of aliphatic hydroxyl groups is 4. The van der Waals surface area contributed by atoms with Gasteiger partial charge in [0.25, 0.3) is 0 Å². The Hall–Kier alpha value is -1.16. The van der Waals surface area contributed by atoms with Crippen LogP contribution in [0.3, 0.4) is 0 Å². The lowest BCUT2D eigenvalue weighted by atomic mass is 9.81. The number of ketones is 2. The number of carbonyl (C=O) groups excluding carboxylic acids is 2. The maximum absolute atomic E-state index is 13.0. The molecule has 0 aromatic rings. The monoisotopic (exact) mass is 412 g/mol. The van der Waals surface area contributed by atoms with Crippen LogP contribution >= 0.6 is 0 Å². The number of rotatable bonds is 4. The van der Waals surface area contributed by atoms with E-state index in [1.807, 2.05) is 13.8 Å². The van der Waals surface area contributed by atoms with Crippen LogP contribution < -0.4 is 0 Å². The van der Waals surface area contributed by atoms with Gasteiger partial charge in [-0.15, -0.1) is 0 Å². The molecule has 0 spiro atoms. The van der Waals surface area contributed by atoms with Gasteiger partial charge in [0.1, 0.15) is 30.2 Å². The fraction of sp³-hybridized carbons (Fsp3) is 0.810. The van der Waals surface area contributed by atoms with E-state index in [9.17, 15) is 30.0 Å². The number of allylic oxidation sites excluding steroid dienone is 2. The summed E-state index contributed by atoms with van der Waals surface area (Å²) in [6.07, 6.45) is -5.78. The molecular weight excluding hydrogens is 380 g/mol. The molecule has 1 aliphatic heterocycles. The summed E-state index contributed by atoms with van der Waals surface area (Å²) in [5.41, 5.74) is 0.659. The second-order valence-electron chi connectivity index (χ2n) is 9.21. The van der Waals surface area contributed by atoms with Crippen LogP contribution in [-0.4, -0.2) is 74.9 Å². The van der Waals surface area contributed by atoms with Gasteiger partial charge in [0.05, 0.1) is 18.1 Å². The van der Waals surface area contributed by atoms with Crippen molar-refractivity contribution in [3.63, 3.8) is 0 Å². The van der Waals surface area contributed by atoms with Crippen molar-refractivity contribution in [1.82, 2.24) is 0 Å². The molecule has 3 rings (SSSR count). The van der Waals surface area contributed by atoms with E-state index >= 15 is 0 Å². The average molecular weight is 412 g/mol. The van der Waals surface area contributed by atoms with Gasteiger partial charge in [0, 0.05) is 12.8 Å². The molecule has 164 valence electrons. The zero-order valence-corrected chi connectivity index (χ0v) is 17.4. The van der Waals surface area contributed by atoms with Gasteiger partial charge < -0.3 is 29.9 Å². The van der Waals surface area contributed by atoms with Gasteiger partial charge >= 0.3 is 0 Å². The Balaban J connectivity index is 1.84. The third-order valence-electron chi connectivity index (χ3n) is 6.88. The van der Waals surface area contributed by atoms with Crippen LogP contribution in [0, 0.1) is 17.8 Å². The summed E-state index contributed by atoms with van der Waals surface area (Å²) >= 11 is 0. The van der Waals surface area contributed by atoms with Crippen LogP contribution in [0.25, 0.3) is 0 Å². The summed E-state index contributed by atoms with van der Waals surface area (Å²) in [4.78, 5) is 25.3. The van der Waals surface area contributed by atoms with E-state index in [4.69, 9.17) is 9.47 Å². The van der Waals surface area contributed by atoms with Crippen LogP contribution in [0.2, 0.25) is 0 Å². The predicted octanol–water partition coefficient (Wildman–Crippen LogP) is 0.102. The molecule has 3 aliphatic rings. The van der Waals surface area contributed by atoms with Crippen LogP contribution in [0.15, 0.2) is 11.1 Å². The second-order valence-corrected chi connectivity index (χ2v) is 9.21. The van der Waals surface area contributed by atoms with Gasteiger partial charge in [-0.25, -0.2) is 0 Å².